The van der Waals surface area contributed by atoms with Crippen LogP contribution < -0.4 is 16.8 Å². The van der Waals surface area contributed by atoms with Crippen LogP contribution in [0, 0.1) is 28.6 Å². The predicted octanol–water partition coefficient (Wildman–Crippen LogP) is 3.76. The van der Waals surface area contributed by atoms with Crippen molar-refractivity contribution in [3.05, 3.63) is 0 Å². The molecule has 0 rings (SSSR count). The van der Waals surface area contributed by atoms with E-state index in [1.807, 2.05) is 13.8 Å². The zero-order valence-electron chi connectivity index (χ0n) is 33.1. The van der Waals surface area contributed by atoms with Gasteiger partial charge in [-0.2, -0.15) is 0 Å². The summed E-state index contributed by atoms with van der Waals surface area (Å²) in [5, 5.41) is 16.9. The molecule has 1 amide bonds. The fourth-order valence-corrected chi connectivity index (χ4v) is 5.60. The van der Waals surface area contributed by atoms with E-state index in [1.54, 1.807) is 27.7 Å². The van der Waals surface area contributed by atoms with Gasteiger partial charge in [0, 0.05) is 19.0 Å². The Morgan fingerprint density at radius 2 is 1.29 bits per heavy atom. The molecule has 0 aromatic carbocycles. The second-order valence-corrected chi connectivity index (χ2v) is 13.8. The van der Waals surface area contributed by atoms with Crippen LogP contribution in [0.3, 0.4) is 0 Å². The van der Waals surface area contributed by atoms with Gasteiger partial charge in [0.1, 0.15) is 27.8 Å². The summed E-state index contributed by atoms with van der Waals surface area (Å²) in [7, 11) is 0. The molecule has 0 radical (unpaired) electrons. The Morgan fingerprint density at radius 1 is 0.750 bits per heavy atom. The van der Waals surface area contributed by atoms with E-state index in [4.69, 9.17) is 41.0 Å². The summed E-state index contributed by atoms with van der Waals surface area (Å²) in [6, 6.07) is 0. The van der Waals surface area contributed by atoms with Gasteiger partial charge in [0.15, 0.2) is 0 Å². The van der Waals surface area contributed by atoms with Gasteiger partial charge in [0.25, 0.3) is 0 Å². The van der Waals surface area contributed by atoms with Gasteiger partial charge in [-0.25, -0.2) is 5.31 Å². The van der Waals surface area contributed by atoms with Crippen LogP contribution in [0.4, 0.5) is 4.53 Å². The second kappa shape index (κ2) is 29.1. The molecule has 0 aromatic heterocycles. The van der Waals surface area contributed by atoms with Gasteiger partial charge < -0.3 is 40.8 Å². The normalized spacial score (nSPS) is 14.7. The molecule has 16 heteroatoms. The van der Waals surface area contributed by atoms with Crippen LogP contribution in [-0.2, 0) is 47.7 Å². The zero-order valence-corrected chi connectivity index (χ0v) is 32.1. The van der Waals surface area contributed by atoms with E-state index in [0.29, 0.717) is 70.6 Å². The third-order valence-corrected chi connectivity index (χ3v) is 9.15. The Kier molecular flexibility index (Phi) is 27.2. The second-order valence-electron chi connectivity index (χ2n) is 13.8. The lowest BCUT2D eigenvalue weighted by atomic mass is 9.75. The number of amides is 1. The number of primary amides is 1. The number of carboxylic acid groups (broad SMARTS) is 1. The van der Waals surface area contributed by atoms with E-state index < -0.39 is 40.6 Å². The number of nitrogens with two attached hydrogens (primary N) is 2. The Morgan fingerprint density at radius 3 is 1.85 bits per heavy atom. The molecule has 0 heterocycles. The molecule has 304 valence electrons. The van der Waals surface area contributed by atoms with E-state index in [1.165, 1.54) is 0 Å². The predicted molar refractivity (Wildman–Crippen MR) is 191 cm³/mol. The van der Waals surface area contributed by atoms with E-state index in [0.717, 1.165) is 6.42 Å². The molecule has 0 aliphatic rings. The molecule has 7 N–H and O–H groups in total. The number of hydrogen-bond acceptors (Lipinski definition) is 13. The van der Waals surface area contributed by atoms with Crippen molar-refractivity contribution in [2.75, 3.05) is 46.1 Å². The van der Waals surface area contributed by atoms with Crippen molar-refractivity contribution >= 4 is 35.8 Å². The van der Waals surface area contributed by atoms with Gasteiger partial charge in [-0.1, -0.05) is 57.9 Å². The fourth-order valence-electron chi connectivity index (χ4n) is 5.60. The summed E-state index contributed by atoms with van der Waals surface area (Å²) >= 11 is 0. The Labute approximate surface area is 309 Å². The quantitative estimate of drug-likeness (QED) is 0.0385. The highest BCUT2D eigenvalue weighted by atomic mass is 19.3. The highest BCUT2D eigenvalue weighted by Crippen LogP contribution is 2.37. The SMILES string of the molecule is OF.[2H]NCCOC(=O)C(C)(CCCC(CCCC(CCC)C(N)=O)C(=O)OCCOC(=O)C(C)C)CCCC(C)(CC)C(=O)OCCNCC(=O)O. The van der Waals surface area contributed by atoms with Crippen LogP contribution in [0.25, 0.3) is 0 Å². The molecule has 4 atom stereocenters. The number of hydrogen-bond donors (Lipinski definition) is 5. The molecular formula is C36H66FN3O12. The van der Waals surface area contributed by atoms with Crippen LogP contribution in [0.15, 0.2) is 0 Å². The molecule has 0 saturated carbocycles. The first-order chi connectivity index (χ1) is 25.1. The molecule has 0 aliphatic heterocycles. The minimum atomic E-state index is -1.00. The topological polar surface area (TPSA) is 244 Å². The lowest BCUT2D eigenvalue weighted by Gasteiger charge is -2.31. The van der Waals surface area contributed by atoms with E-state index >= 15 is 0 Å². The molecule has 4 unspecified atom stereocenters. The number of carbonyl (C=O) groups excluding carboxylic acids is 5. The molecule has 0 aromatic rings. The number of ether oxygens (including phenoxy) is 4. The van der Waals surface area contributed by atoms with E-state index in [9.17, 15) is 28.8 Å². The number of aliphatic carboxylic acids is 1. The zero-order chi connectivity index (χ0) is 40.9. The fraction of sp³-hybridized carbons (Fsp3) is 0.833. The number of carboxylic acids is 1. The Balaban J connectivity index is 0. The number of esters is 4. The van der Waals surface area contributed by atoms with Crippen LogP contribution in [-0.4, -0.2) is 92.2 Å². The number of carbonyl (C=O) groups is 6. The molecule has 0 aliphatic carbocycles. The first-order valence-corrected chi connectivity index (χ1v) is 18.3. The monoisotopic (exact) mass is 752 g/mol. The largest absolute Gasteiger partial charge is 0.480 e. The van der Waals surface area contributed by atoms with Gasteiger partial charge in [0.2, 0.25) is 5.91 Å². The summed E-state index contributed by atoms with van der Waals surface area (Å²) in [6.07, 6.45) is 6.18. The highest BCUT2D eigenvalue weighted by Gasteiger charge is 2.38. The van der Waals surface area contributed by atoms with Crippen molar-refractivity contribution in [3.8, 4) is 0 Å². The average molecular weight is 753 g/mol. The summed E-state index contributed by atoms with van der Waals surface area (Å²) in [5.74, 6) is -4.13. The highest BCUT2D eigenvalue weighted by molar-refractivity contribution is 5.78. The van der Waals surface area contributed by atoms with Crippen molar-refractivity contribution in [2.45, 2.75) is 119 Å². The number of rotatable bonds is 31. The molecule has 0 saturated heterocycles. The van der Waals surface area contributed by atoms with Gasteiger partial charge in [0.05, 0.1) is 29.2 Å². The van der Waals surface area contributed by atoms with Crippen LogP contribution in [0.2, 0.25) is 1.41 Å². The lowest BCUT2D eigenvalue weighted by molar-refractivity contribution is -0.157. The smallest absolute Gasteiger partial charge is 0.317 e. The molecular weight excluding hydrogens is 685 g/mol. The minimum absolute atomic E-state index is 0.0158. The standard InChI is InChI=1S/C36H65N3O11.FHO/c1-7-12-27(30(38)42)13-9-14-28(32(44)48-24-23-47-31(43)26(3)4)15-10-16-36(6,34(46)49-21-19-37)18-11-17-35(5,8-2)33(45)50-22-20-39-25-29(40)41;1-2/h26-28,39H,7-25,37H2,1-6H3,(H2,38,42)(H,40,41);2H/i/hD. The van der Waals surface area contributed by atoms with E-state index in [2.05, 4.69) is 11.0 Å². The summed E-state index contributed by atoms with van der Waals surface area (Å²) in [4.78, 5) is 73.9. The lowest BCUT2D eigenvalue weighted by Crippen LogP contribution is -2.34. The van der Waals surface area contributed by atoms with Gasteiger partial charge in [-0.15, -0.1) is 0 Å². The van der Waals surface area contributed by atoms with Crippen molar-refractivity contribution in [1.29, 1.82) is 0 Å². The van der Waals surface area contributed by atoms with Crippen molar-refractivity contribution in [2.24, 2.45) is 40.0 Å². The number of nitrogens with one attached hydrogen (secondary N) is 1. The summed E-state index contributed by atoms with van der Waals surface area (Å²) < 4.78 is 37.2. The summed E-state index contributed by atoms with van der Waals surface area (Å²) in [6.45, 7) is 10.9. The molecule has 0 spiro atoms. The molecule has 0 bridgehead atoms. The van der Waals surface area contributed by atoms with Gasteiger partial charge in [-0.05, 0) is 65.2 Å². The van der Waals surface area contributed by atoms with Crippen molar-refractivity contribution in [1.82, 2.24) is 5.32 Å². The molecule has 15 nitrogen and oxygen atoms in total. The maximum Gasteiger partial charge on any atom is 0.317 e. The van der Waals surface area contributed by atoms with Crippen LogP contribution in [0.1, 0.15) is 119 Å². The maximum absolute atomic E-state index is 13.4. The Hall–Kier alpha value is -3.37. The van der Waals surface area contributed by atoms with Crippen LogP contribution in [0.5, 0.6) is 0 Å². The molecule has 0 fully saturated rings. The van der Waals surface area contributed by atoms with Crippen molar-refractivity contribution in [3.63, 3.8) is 0 Å². The van der Waals surface area contributed by atoms with Crippen LogP contribution >= 0.6 is 0 Å². The minimum Gasteiger partial charge on any atom is -0.480 e. The third-order valence-electron chi connectivity index (χ3n) is 9.15. The summed E-state index contributed by atoms with van der Waals surface area (Å²) in [5.41, 5.74) is 6.04. The van der Waals surface area contributed by atoms with Gasteiger partial charge in [-0.3, -0.25) is 28.8 Å². The first kappa shape index (κ1) is 48.6. The maximum atomic E-state index is 13.4. The van der Waals surface area contributed by atoms with E-state index in [-0.39, 0.29) is 69.8 Å². The number of halogens is 1. The van der Waals surface area contributed by atoms with Gasteiger partial charge >= 0.3 is 29.8 Å². The average Bonchev–Trinajstić information content (AvgIpc) is 3.12. The molecule has 52 heavy (non-hydrogen) atoms. The third kappa shape index (κ3) is 21.9. The van der Waals surface area contributed by atoms with Crippen molar-refractivity contribution < 1.29 is 64.1 Å². The Bertz CT molecular complexity index is 1090. The first-order valence-electron chi connectivity index (χ1n) is 18.8.